The van der Waals surface area contributed by atoms with Crippen molar-refractivity contribution in [2.45, 2.75) is 71.3 Å². The highest BCUT2D eigenvalue weighted by Crippen LogP contribution is 2.25. The number of rotatable bonds is 8. The van der Waals surface area contributed by atoms with E-state index in [2.05, 4.69) is 34.4 Å². The van der Waals surface area contributed by atoms with E-state index in [1.54, 1.807) is 7.05 Å². The molecule has 28 heavy (non-hydrogen) atoms. The zero-order chi connectivity index (χ0) is 20.6. The fraction of sp³-hybridized carbons (Fsp3) is 0.952. The second kappa shape index (κ2) is 10.8. The number of hydrogen-bond donors (Lipinski definition) is 2. The van der Waals surface area contributed by atoms with Crippen molar-refractivity contribution in [1.82, 2.24) is 15.5 Å². The molecule has 0 aromatic rings. The molecule has 0 unspecified atom stereocenters. The lowest BCUT2D eigenvalue weighted by atomic mass is 9.88. The fourth-order valence-electron chi connectivity index (χ4n) is 4.26. The number of aliphatic imine (C=N–C) groups is 1. The Morgan fingerprint density at radius 3 is 2.32 bits per heavy atom. The largest absolute Gasteiger partial charge is 0.356 e. The van der Waals surface area contributed by atoms with E-state index in [-0.39, 0.29) is 11.2 Å². The average Bonchev–Trinajstić information content (AvgIpc) is 2.65. The highest BCUT2D eigenvalue weighted by Gasteiger charge is 2.24. The molecule has 0 bridgehead atoms. The molecule has 0 atom stereocenters. The zero-order valence-corrected chi connectivity index (χ0v) is 19.3. The second-order valence-corrected chi connectivity index (χ2v) is 12.0. The molecule has 0 amide bonds. The van der Waals surface area contributed by atoms with Gasteiger partial charge in [-0.05, 0) is 43.4 Å². The maximum Gasteiger partial charge on any atom is 0.191 e. The molecular weight excluding hydrogens is 372 g/mol. The summed E-state index contributed by atoms with van der Waals surface area (Å²) in [5, 5.41) is 6.97. The average molecular weight is 415 g/mol. The summed E-state index contributed by atoms with van der Waals surface area (Å²) < 4.78 is 22.9. The van der Waals surface area contributed by atoms with Gasteiger partial charge < -0.3 is 15.5 Å². The van der Waals surface area contributed by atoms with E-state index in [0.29, 0.717) is 19.0 Å². The standard InChI is InChI=1S/C21H42N4O2S/c1-21(2,12-15-28(4,26)27)17-23-20(22-3)24-19-10-13-25(14-11-19)16-18-8-6-5-7-9-18/h18-19H,5-17H2,1-4H3,(H2,22,23,24). The Morgan fingerprint density at radius 1 is 1.11 bits per heavy atom. The lowest BCUT2D eigenvalue weighted by molar-refractivity contribution is 0.160. The minimum Gasteiger partial charge on any atom is -0.356 e. The Balaban J connectivity index is 1.69. The van der Waals surface area contributed by atoms with Crippen molar-refractivity contribution in [2.75, 3.05) is 45.2 Å². The molecule has 1 saturated carbocycles. The van der Waals surface area contributed by atoms with Gasteiger partial charge in [0.05, 0.1) is 5.75 Å². The van der Waals surface area contributed by atoms with Gasteiger partial charge in [-0.25, -0.2) is 8.42 Å². The number of guanidine groups is 1. The van der Waals surface area contributed by atoms with Crippen LogP contribution < -0.4 is 10.6 Å². The first-order valence-electron chi connectivity index (χ1n) is 11.0. The van der Waals surface area contributed by atoms with Crippen LogP contribution >= 0.6 is 0 Å². The Labute approximate surface area is 172 Å². The summed E-state index contributed by atoms with van der Waals surface area (Å²) in [6, 6.07) is 0.466. The maximum atomic E-state index is 11.4. The molecule has 2 rings (SSSR count). The number of hydrogen-bond acceptors (Lipinski definition) is 4. The molecule has 1 saturated heterocycles. The SMILES string of the molecule is CN=C(NCC(C)(C)CCS(C)(=O)=O)NC1CCN(CC2CCCCC2)CC1. The van der Waals surface area contributed by atoms with Crippen LogP contribution in [0.3, 0.4) is 0 Å². The Hall–Kier alpha value is -0.820. The minimum absolute atomic E-state index is 0.0932. The molecule has 0 aromatic carbocycles. The van der Waals surface area contributed by atoms with E-state index < -0.39 is 9.84 Å². The topological polar surface area (TPSA) is 73.8 Å². The third-order valence-corrected chi connectivity index (χ3v) is 7.22. The minimum atomic E-state index is -2.92. The molecule has 7 heteroatoms. The van der Waals surface area contributed by atoms with Crippen molar-refractivity contribution >= 4 is 15.8 Å². The highest BCUT2D eigenvalue weighted by molar-refractivity contribution is 7.90. The predicted octanol–water partition coefficient (Wildman–Crippen LogP) is 2.66. The number of nitrogens with one attached hydrogen (secondary N) is 2. The van der Waals surface area contributed by atoms with Crippen molar-refractivity contribution in [3.8, 4) is 0 Å². The number of nitrogens with zero attached hydrogens (tertiary/aromatic N) is 2. The van der Waals surface area contributed by atoms with Crippen LogP contribution in [0.15, 0.2) is 4.99 Å². The van der Waals surface area contributed by atoms with E-state index in [1.165, 1.54) is 58.0 Å². The Bertz CT molecular complexity index is 590. The number of piperidine rings is 1. The Kier molecular flexibility index (Phi) is 9.06. The summed E-state index contributed by atoms with van der Waals surface area (Å²) in [5.41, 5.74) is -0.0932. The van der Waals surface area contributed by atoms with Crippen LogP contribution in [-0.2, 0) is 9.84 Å². The van der Waals surface area contributed by atoms with Gasteiger partial charge >= 0.3 is 0 Å². The van der Waals surface area contributed by atoms with Crippen LogP contribution in [0.1, 0.15) is 65.2 Å². The molecule has 1 aliphatic carbocycles. The van der Waals surface area contributed by atoms with Crippen LogP contribution in [0.25, 0.3) is 0 Å². The lowest BCUT2D eigenvalue weighted by Crippen LogP contribution is -2.50. The quantitative estimate of drug-likeness (QED) is 0.472. The normalized spacial score (nSPS) is 21.6. The second-order valence-electron chi connectivity index (χ2n) is 9.69. The Morgan fingerprint density at radius 2 is 1.75 bits per heavy atom. The van der Waals surface area contributed by atoms with Crippen molar-refractivity contribution in [1.29, 1.82) is 0 Å². The van der Waals surface area contributed by atoms with Gasteiger partial charge in [0.1, 0.15) is 9.84 Å². The molecule has 0 aromatic heterocycles. The van der Waals surface area contributed by atoms with Gasteiger partial charge in [-0.2, -0.15) is 0 Å². The molecule has 1 aliphatic heterocycles. The molecule has 1 heterocycles. The third kappa shape index (κ3) is 9.12. The van der Waals surface area contributed by atoms with Crippen molar-refractivity contribution in [3.05, 3.63) is 0 Å². The lowest BCUT2D eigenvalue weighted by Gasteiger charge is -2.36. The van der Waals surface area contributed by atoms with Gasteiger partial charge in [0.15, 0.2) is 5.96 Å². The summed E-state index contributed by atoms with van der Waals surface area (Å²) in [4.78, 5) is 7.02. The van der Waals surface area contributed by atoms with Crippen molar-refractivity contribution in [2.24, 2.45) is 16.3 Å². The van der Waals surface area contributed by atoms with Crippen LogP contribution in [-0.4, -0.2) is 70.6 Å². The van der Waals surface area contributed by atoms with Crippen LogP contribution in [0.2, 0.25) is 0 Å². The first-order chi connectivity index (χ1) is 13.2. The van der Waals surface area contributed by atoms with Crippen LogP contribution in [0, 0.1) is 11.3 Å². The van der Waals surface area contributed by atoms with Gasteiger partial charge in [-0.1, -0.05) is 33.1 Å². The molecule has 164 valence electrons. The summed E-state index contributed by atoms with van der Waals surface area (Å²) in [6.07, 6.45) is 11.4. The molecule has 6 nitrogen and oxygen atoms in total. The number of sulfone groups is 1. The molecule has 0 radical (unpaired) electrons. The number of likely N-dealkylation sites (tertiary alicyclic amines) is 1. The van der Waals surface area contributed by atoms with Gasteiger partial charge in [0.25, 0.3) is 0 Å². The summed E-state index contributed by atoms with van der Waals surface area (Å²) >= 11 is 0. The summed E-state index contributed by atoms with van der Waals surface area (Å²) in [6.45, 7) is 8.54. The van der Waals surface area contributed by atoms with E-state index in [1.807, 2.05) is 0 Å². The monoisotopic (exact) mass is 414 g/mol. The molecular formula is C21H42N4O2S. The molecule has 2 N–H and O–H groups in total. The van der Waals surface area contributed by atoms with Gasteiger partial charge in [-0.15, -0.1) is 0 Å². The van der Waals surface area contributed by atoms with Crippen molar-refractivity contribution in [3.63, 3.8) is 0 Å². The van der Waals surface area contributed by atoms with E-state index >= 15 is 0 Å². The molecule has 2 fully saturated rings. The molecule has 0 spiro atoms. The van der Waals surface area contributed by atoms with Gasteiger partial charge in [0, 0.05) is 45.5 Å². The fourth-order valence-corrected chi connectivity index (χ4v) is 5.18. The third-order valence-electron chi connectivity index (χ3n) is 6.28. The molecule has 2 aliphatic rings. The zero-order valence-electron chi connectivity index (χ0n) is 18.5. The summed E-state index contributed by atoms with van der Waals surface area (Å²) in [7, 11) is -1.12. The summed E-state index contributed by atoms with van der Waals surface area (Å²) in [5.74, 6) is 1.98. The van der Waals surface area contributed by atoms with Crippen LogP contribution in [0.4, 0.5) is 0 Å². The van der Waals surface area contributed by atoms with Gasteiger partial charge in [-0.3, -0.25) is 4.99 Å². The predicted molar refractivity (Wildman–Crippen MR) is 119 cm³/mol. The van der Waals surface area contributed by atoms with Crippen molar-refractivity contribution < 1.29 is 8.42 Å². The smallest absolute Gasteiger partial charge is 0.191 e. The highest BCUT2D eigenvalue weighted by atomic mass is 32.2. The van der Waals surface area contributed by atoms with E-state index in [0.717, 1.165) is 24.7 Å². The maximum absolute atomic E-state index is 11.4. The van der Waals surface area contributed by atoms with Crippen LogP contribution in [0.5, 0.6) is 0 Å². The first-order valence-corrected chi connectivity index (χ1v) is 13.1. The van der Waals surface area contributed by atoms with Gasteiger partial charge in [0.2, 0.25) is 0 Å². The van der Waals surface area contributed by atoms with E-state index in [9.17, 15) is 8.42 Å². The first kappa shape index (κ1) is 23.5. The van der Waals surface area contributed by atoms with E-state index in [4.69, 9.17) is 0 Å².